The van der Waals surface area contributed by atoms with Crippen molar-refractivity contribution in [2.75, 3.05) is 24.4 Å². The Hall–Kier alpha value is -2.38. The molecular weight excluding hydrogens is 344 g/mol. The zero-order chi connectivity index (χ0) is 17.8. The summed E-state index contributed by atoms with van der Waals surface area (Å²) >= 11 is 6.10. The Balaban J connectivity index is 1.68. The van der Waals surface area contributed by atoms with Gasteiger partial charge in [-0.05, 0) is 43.5 Å². The number of carbonyl (C=O) groups is 1. The van der Waals surface area contributed by atoms with Crippen molar-refractivity contribution < 1.29 is 14.3 Å². The minimum Gasteiger partial charge on any atom is -0.495 e. The predicted octanol–water partition coefficient (Wildman–Crippen LogP) is 3.31. The summed E-state index contributed by atoms with van der Waals surface area (Å²) < 4.78 is 10.7. The molecule has 1 aliphatic rings. The van der Waals surface area contributed by atoms with Crippen molar-refractivity contribution in [3.8, 4) is 5.75 Å². The summed E-state index contributed by atoms with van der Waals surface area (Å²) in [7, 11) is 1.57. The van der Waals surface area contributed by atoms with E-state index in [1.807, 2.05) is 13.0 Å². The van der Waals surface area contributed by atoms with Crippen molar-refractivity contribution >= 4 is 34.8 Å². The smallest absolute Gasteiger partial charge is 0.254 e. The molecule has 0 radical (unpaired) electrons. The first-order valence-corrected chi connectivity index (χ1v) is 8.32. The molecule has 1 atom stereocenters. The topological polar surface area (TPSA) is 85.4 Å². The van der Waals surface area contributed by atoms with Gasteiger partial charge in [-0.2, -0.15) is 0 Å². The lowest BCUT2D eigenvalue weighted by atomic mass is 10.2. The fraction of sp³-hybridized carbons (Fsp3) is 0.353. The number of ether oxygens (including phenoxy) is 2. The molecule has 2 aromatic rings. The van der Waals surface area contributed by atoms with Crippen LogP contribution in [0, 0.1) is 6.92 Å². The Morgan fingerprint density at radius 3 is 2.72 bits per heavy atom. The number of aromatic nitrogens is 2. The Bertz CT molecular complexity index is 761. The number of aryl methyl sites for hydroxylation is 1. The minimum absolute atomic E-state index is 0.192. The highest BCUT2D eigenvalue weighted by Gasteiger charge is 2.23. The van der Waals surface area contributed by atoms with Gasteiger partial charge in [-0.25, -0.2) is 0 Å². The molecule has 7 nitrogen and oxygen atoms in total. The molecule has 0 spiro atoms. The summed E-state index contributed by atoms with van der Waals surface area (Å²) in [4.78, 5) is 12.0. The van der Waals surface area contributed by atoms with Gasteiger partial charge in [0.15, 0.2) is 11.6 Å². The van der Waals surface area contributed by atoms with Crippen LogP contribution in [0.25, 0.3) is 0 Å². The van der Waals surface area contributed by atoms with Crippen LogP contribution in [-0.4, -0.2) is 35.9 Å². The van der Waals surface area contributed by atoms with Crippen molar-refractivity contribution in [1.82, 2.24) is 10.2 Å². The Kier molecular flexibility index (Phi) is 5.35. The predicted molar refractivity (Wildman–Crippen MR) is 95.7 cm³/mol. The van der Waals surface area contributed by atoms with Gasteiger partial charge in [-0.3, -0.25) is 4.79 Å². The molecule has 1 saturated heterocycles. The number of benzene rings is 1. The van der Waals surface area contributed by atoms with Gasteiger partial charge in [0, 0.05) is 17.7 Å². The van der Waals surface area contributed by atoms with Gasteiger partial charge in [-0.15, -0.1) is 10.2 Å². The molecule has 0 saturated carbocycles. The van der Waals surface area contributed by atoms with Crippen LogP contribution in [0.5, 0.6) is 5.75 Å². The molecule has 2 heterocycles. The van der Waals surface area contributed by atoms with Crippen molar-refractivity contribution in [2.45, 2.75) is 25.9 Å². The molecule has 25 heavy (non-hydrogen) atoms. The van der Waals surface area contributed by atoms with Crippen molar-refractivity contribution in [3.05, 3.63) is 34.9 Å². The van der Waals surface area contributed by atoms with E-state index < -0.39 is 6.10 Å². The lowest BCUT2D eigenvalue weighted by Crippen LogP contribution is -2.27. The summed E-state index contributed by atoms with van der Waals surface area (Å²) in [5.74, 6) is 1.32. The fourth-order valence-corrected chi connectivity index (χ4v) is 2.68. The van der Waals surface area contributed by atoms with Gasteiger partial charge in [0.1, 0.15) is 11.9 Å². The summed E-state index contributed by atoms with van der Waals surface area (Å²) in [5.41, 5.74) is 1.65. The first kappa shape index (κ1) is 17.4. The molecule has 1 unspecified atom stereocenters. The first-order valence-electron chi connectivity index (χ1n) is 7.94. The van der Waals surface area contributed by atoms with E-state index in [4.69, 9.17) is 21.1 Å². The third kappa shape index (κ3) is 4.18. The maximum absolute atomic E-state index is 12.0. The van der Waals surface area contributed by atoms with Gasteiger partial charge in [0.05, 0.1) is 12.8 Å². The van der Waals surface area contributed by atoms with Gasteiger partial charge in [0.25, 0.3) is 5.91 Å². The van der Waals surface area contributed by atoms with Gasteiger partial charge < -0.3 is 20.1 Å². The van der Waals surface area contributed by atoms with E-state index in [0.29, 0.717) is 29.0 Å². The lowest BCUT2D eigenvalue weighted by molar-refractivity contribution is -0.124. The molecule has 132 valence electrons. The summed E-state index contributed by atoms with van der Waals surface area (Å²) in [5, 5.41) is 14.6. The third-order valence-corrected chi connectivity index (χ3v) is 4.29. The number of nitrogens with one attached hydrogen (secondary N) is 2. The number of nitrogens with zero attached hydrogens (tertiary/aromatic N) is 2. The molecule has 8 heteroatoms. The number of anilines is 3. The Labute approximate surface area is 150 Å². The maximum Gasteiger partial charge on any atom is 0.254 e. The number of amides is 1. The van der Waals surface area contributed by atoms with Crippen LogP contribution in [0.15, 0.2) is 24.3 Å². The molecular formula is C17H19ClN4O3. The summed E-state index contributed by atoms with van der Waals surface area (Å²) in [6.45, 7) is 2.53. The van der Waals surface area contributed by atoms with Gasteiger partial charge in [-0.1, -0.05) is 11.6 Å². The zero-order valence-corrected chi connectivity index (χ0v) is 14.8. The summed E-state index contributed by atoms with van der Waals surface area (Å²) in [6, 6.07) is 7.01. The average molecular weight is 363 g/mol. The van der Waals surface area contributed by atoms with Crippen molar-refractivity contribution in [1.29, 1.82) is 0 Å². The number of hydrogen-bond donors (Lipinski definition) is 2. The van der Waals surface area contributed by atoms with Crippen LogP contribution in [0.3, 0.4) is 0 Å². The molecule has 2 N–H and O–H groups in total. The van der Waals surface area contributed by atoms with Crippen molar-refractivity contribution in [2.24, 2.45) is 0 Å². The monoisotopic (exact) mass is 362 g/mol. The Morgan fingerprint density at radius 2 is 2.08 bits per heavy atom. The highest BCUT2D eigenvalue weighted by molar-refractivity contribution is 6.31. The zero-order valence-electron chi connectivity index (χ0n) is 14.0. The molecule has 0 aliphatic carbocycles. The van der Waals surface area contributed by atoms with Crippen molar-refractivity contribution in [3.63, 3.8) is 0 Å². The number of methoxy groups -OCH3 is 1. The second-order valence-corrected chi connectivity index (χ2v) is 6.13. The second-order valence-electron chi connectivity index (χ2n) is 5.72. The van der Waals surface area contributed by atoms with E-state index in [-0.39, 0.29) is 5.91 Å². The third-order valence-electron chi connectivity index (χ3n) is 3.88. The number of hydrogen-bond acceptors (Lipinski definition) is 6. The van der Waals surface area contributed by atoms with E-state index in [9.17, 15) is 4.79 Å². The highest BCUT2D eigenvalue weighted by Crippen LogP contribution is 2.32. The first-order chi connectivity index (χ1) is 12.1. The van der Waals surface area contributed by atoms with E-state index in [1.165, 1.54) is 0 Å². The molecule has 1 fully saturated rings. The van der Waals surface area contributed by atoms with E-state index in [2.05, 4.69) is 20.8 Å². The fourth-order valence-electron chi connectivity index (χ4n) is 2.52. The van der Waals surface area contributed by atoms with Crippen LogP contribution in [-0.2, 0) is 9.53 Å². The maximum atomic E-state index is 12.0. The minimum atomic E-state index is -0.402. The molecule has 1 aliphatic heterocycles. The quantitative estimate of drug-likeness (QED) is 0.848. The van der Waals surface area contributed by atoms with Crippen LogP contribution < -0.4 is 15.4 Å². The highest BCUT2D eigenvalue weighted by atomic mass is 35.5. The van der Waals surface area contributed by atoms with E-state index >= 15 is 0 Å². The largest absolute Gasteiger partial charge is 0.495 e. The number of halogens is 1. The molecule has 1 aromatic carbocycles. The van der Waals surface area contributed by atoms with Crippen LogP contribution >= 0.6 is 11.6 Å². The molecule has 3 rings (SSSR count). The van der Waals surface area contributed by atoms with Gasteiger partial charge in [0.2, 0.25) is 0 Å². The molecule has 1 aromatic heterocycles. The SMILES string of the molecule is COc1cc(Cl)c(C)cc1Nc1ccc(NC(=O)C2CCCO2)nn1. The lowest BCUT2D eigenvalue weighted by Gasteiger charge is -2.13. The normalized spacial score (nSPS) is 16.5. The number of rotatable bonds is 5. The van der Waals surface area contributed by atoms with E-state index in [1.54, 1.807) is 25.3 Å². The average Bonchev–Trinajstić information content (AvgIpc) is 3.14. The Morgan fingerprint density at radius 1 is 1.32 bits per heavy atom. The molecule has 1 amide bonds. The van der Waals surface area contributed by atoms with Crippen LogP contribution in [0.2, 0.25) is 5.02 Å². The second kappa shape index (κ2) is 7.67. The van der Waals surface area contributed by atoms with Gasteiger partial charge >= 0.3 is 0 Å². The van der Waals surface area contributed by atoms with Crippen LogP contribution in [0.1, 0.15) is 18.4 Å². The standard InChI is InChI=1S/C17H19ClN4O3/c1-10-8-12(14(24-2)9-11(10)18)19-15-5-6-16(22-21-15)20-17(23)13-4-3-7-25-13/h5-6,8-9,13H,3-4,7H2,1-2H3,(H,19,21)(H,20,22,23). The summed E-state index contributed by atoms with van der Waals surface area (Å²) in [6.07, 6.45) is 1.23. The van der Waals surface area contributed by atoms with Crippen LogP contribution in [0.4, 0.5) is 17.3 Å². The van der Waals surface area contributed by atoms with E-state index in [0.717, 1.165) is 24.1 Å². The number of carbonyl (C=O) groups excluding carboxylic acids is 1. The molecule has 0 bridgehead atoms.